The van der Waals surface area contributed by atoms with E-state index in [0.717, 1.165) is 18.5 Å². The molecular formula is C20H25N3O2. The average Bonchev–Trinajstić information content (AvgIpc) is 2.99. The number of nitrogens with one attached hydrogen (secondary N) is 1. The predicted molar refractivity (Wildman–Crippen MR) is 96.8 cm³/mol. The lowest BCUT2D eigenvalue weighted by atomic mass is 10.1. The zero-order valence-corrected chi connectivity index (χ0v) is 14.3. The Bertz CT molecular complexity index is 663. The Morgan fingerprint density at radius 1 is 1.16 bits per heavy atom. The molecule has 1 saturated heterocycles. The molecule has 5 heteroatoms. The molecule has 132 valence electrons. The molecular weight excluding hydrogens is 314 g/mol. The number of β-amino-alcohol motifs (C(OH)–C–C–N with tert-alkyl or cyclic N) is 1. The Morgan fingerprint density at radius 3 is 2.68 bits per heavy atom. The van der Waals surface area contributed by atoms with Crippen molar-refractivity contribution in [3.63, 3.8) is 0 Å². The number of carbonyl (C=O) groups is 1. The fraction of sp³-hybridized carbons (Fsp3) is 0.400. The fourth-order valence-electron chi connectivity index (χ4n) is 3.31. The molecule has 2 N–H and O–H groups in total. The van der Waals surface area contributed by atoms with Crippen LogP contribution in [0.4, 0.5) is 0 Å². The Balaban J connectivity index is 1.46. The lowest BCUT2D eigenvalue weighted by Crippen LogP contribution is -2.39. The number of hydrogen-bond donors (Lipinski definition) is 2. The minimum Gasteiger partial charge on any atom is -0.392 e. The first-order chi connectivity index (χ1) is 12.2. The minimum absolute atomic E-state index is 0.0536. The van der Waals surface area contributed by atoms with E-state index in [1.807, 2.05) is 30.3 Å². The summed E-state index contributed by atoms with van der Waals surface area (Å²) >= 11 is 0. The Morgan fingerprint density at radius 2 is 1.92 bits per heavy atom. The van der Waals surface area contributed by atoms with Crippen molar-refractivity contribution >= 4 is 5.91 Å². The van der Waals surface area contributed by atoms with Crippen molar-refractivity contribution in [2.24, 2.45) is 0 Å². The summed E-state index contributed by atoms with van der Waals surface area (Å²) in [6.07, 6.45) is 5.07. The van der Waals surface area contributed by atoms with Crippen molar-refractivity contribution < 1.29 is 9.90 Å². The number of benzene rings is 1. The third kappa shape index (κ3) is 5.37. The molecule has 1 amide bonds. The molecule has 0 radical (unpaired) electrons. The van der Waals surface area contributed by atoms with E-state index in [2.05, 4.69) is 27.3 Å². The second kappa shape index (κ2) is 8.74. The van der Waals surface area contributed by atoms with E-state index >= 15 is 0 Å². The van der Waals surface area contributed by atoms with Gasteiger partial charge in [0.2, 0.25) is 5.91 Å². The molecule has 2 aromatic rings. The largest absolute Gasteiger partial charge is 0.392 e. The minimum atomic E-state index is -0.317. The number of aryl methyl sites for hydroxylation is 1. The maximum absolute atomic E-state index is 12.1. The Hall–Kier alpha value is -2.24. The zero-order valence-electron chi connectivity index (χ0n) is 14.3. The van der Waals surface area contributed by atoms with Gasteiger partial charge in [-0.25, -0.2) is 0 Å². The number of amides is 1. The van der Waals surface area contributed by atoms with Gasteiger partial charge in [0.1, 0.15) is 0 Å². The number of rotatable bonds is 7. The molecule has 0 spiro atoms. The van der Waals surface area contributed by atoms with Crippen LogP contribution in [0, 0.1) is 0 Å². The fourth-order valence-corrected chi connectivity index (χ4v) is 3.31. The van der Waals surface area contributed by atoms with Gasteiger partial charge in [-0.2, -0.15) is 0 Å². The van der Waals surface area contributed by atoms with Crippen LogP contribution in [-0.4, -0.2) is 46.1 Å². The number of aromatic nitrogens is 1. The predicted octanol–water partition coefficient (Wildman–Crippen LogP) is 1.77. The van der Waals surface area contributed by atoms with Gasteiger partial charge < -0.3 is 10.4 Å². The second-order valence-corrected chi connectivity index (χ2v) is 6.62. The molecule has 1 aliphatic heterocycles. The summed E-state index contributed by atoms with van der Waals surface area (Å²) < 4.78 is 0. The number of likely N-dealkylation sites (tertiary alicyclic amines) is 1. The van der Waals surface area contributed by atoms with E-state index in [9.17, 15) is 9.90 Å². The number of pyridine rings is 1. The highest BCUT2D eigenvalue weighted by molar-refractivity contribution is 5.76. The van der Waals surface area contributed by atoms with Crippen LogP contribution >= 0.6 is 0 Å². The maximum Gasteiger partial charge on any atom is 0.220 e. The summed E-state index contributed by atoms with van der Waals surface area (Å²) in [7, 11) is 0. The Labute approximate surface area is 148 Å². The molecule has 0 saturated carbocycles. The molecule has 1 aromatic heterocycles. The average molecular weight is 339 g/mol. The first-order valence-electron chi connectivity index (χ1n) is 8.82. The van der Waals surface area contributed by atoms with Gasteiger partial charge >= 0.3 is 0 Å². The topological polar surface area (TPSA) is 65.5 Å². The van der Waals surface area contributed by atoms with E-state index in [4.69, 9.17) is 0 Å². The van der Waals surface area contributed by atoms with E-state index in [1.165, 1.54) is 5.56 Å². The summed E-state index contributed by atoms with van der Waals surface area (Å²) in [5, 5.41) is 13.0. The molecule has 1 aliphatic rings. The van der Waals surface area contributed by atoms with Crippen molar-refractivity contribution in [1.82, 2.24) is 15.2 Å². The molecule has 0 bridgehead atoms. The maximum atomic E-state index is 12.1. The molecule has 2 atom stereocenters. The van der Waals surface area contributed by atoms with Crippen molar-refractivity contribution in [3.05, 3.63) is 66.0 Å². The van der Waals surface area contributed by atoms with Gasteiger partial charge in [-0.05, 0) is 36.1 Å². The first kappa shape index (κ1) is 17.6. The first-order valence-corrected chi connectivity index (χ1v) is 8.82. The molecule has 2 heterocycles. The SMILES string of the molecule is O=C(CCc1ccncc1)NCC1CC(O)CN1Cc1ccccc1. The highest BCUT2D eigenvalue weighted by Crippen LogP contribution is 2.20. The van der Waals surface area contributed by atoms with Crippen molar-refractivity contribution in [3.8, 4) is 0 Å². The normalized spacial score (nSPS) is 20.5. The number of hydrogen-bond acceptors (Lipinski definition) is 4. The Kier molecular flexibility index (Phi) is 6.14. The van der Waals surface area contributed by atoms with Crippen molar-refractivity contribution in [2.75, 3.05) is 13.1 Å². The van der Waals surface area contributed by atoms with Crippen LogP contribution in [0.25, 0.3) is 0 Å². The second-order valence-electron chi connectivity index (χ2n) is 6.62. The van der Waals surface area contributed by atoms with E-state index in [1.54, 1.807) is 12.4 Å². The molecule has 3 rings (SSSR count). The zero-order chi connectivity index (χ0) is 17.5. The van der Waals surface area contributed by atoms with Crippen molar-refractivity contribution in [1.29, 1.82) is 0 Å². The van der Waals surface area contributed by atoms with Crippen LogP contribution < -0.4 is 5.32 Å². The summed E-state index contributed by atoms with van der Waals surface area (Å²) in [6, 6.07) is 14.3. The number of aliphatic hydroxyl groups excluding tert-OH is 1. The van der Waals surface area contributed by atoms with Gasteiger partial charge in [-0.15, -0.1) is 0 Å². The summed E-state index contributed by atoms with van der Waals surface area (Å²) in [5.74, 6) is 0.0536. The standard InChI is InChI=1S/C20H25N3O2/c24-19-12-18(23(15-19)14-17-4-2-1-3-5-17)13-22-20(25)7-6-16-8-10-21-11-9-16/h1-5,8-11,18-19,24H,6-7,12-15H2,(H,22,25). The summed E-state index contributed by atoms with van der Waals surface area (Å²) in [4.78, 5) is 18.3. The van der Waals surface area contributed by atoms with Gasteiger partial charge in [0.25, 0.3) is 0 Å². The third-order valence-electron chi connectivity index (χ3n) is 4.66. The van der Waals surface area contributed by atoms with Gasteiger partial charge in [0.05, 0.1) is 6.10 Å². The lowest BCUT2D eigenvalue weighted by molar-refractivity contribution is -0.121. The molecule has 5 nitrogen and oxygen atoms in total. The van der Waals surface area contributed by atoms with E-state index in [-0.39, 0.29) is 18.1 Å². The molecule has 1 fully saturated rings. The van der Waals surface area contributed by atoms with E-state index in [0.29, 0.717) is 25.9 Å². The molecule has 25 heavy (non-hydrogen) atoms. The number of aliphatic hydroxyl groups is 1. The summed E-state index contributed by atoms with van der Waals surface area (Å²) in [6.45, 7) is 2.04. The van der Waals surface area contributed by atoms with Gasteiger partial charge in [-0.1, -0.05) is 30.3 Å². The highest BCUT2D eigenvalue weighted by Gasteiger charge is 2.30. The van der Waals surface area contributed by atoms with Crippen LogP contribution in [0.5, 0.6) is 0 Å². The van der Waals surface area contributed by atoms with Gasteiger partial charge in [0, 0.05) is 44.5 Å². The van der Waals surface area contributed by atoms with Crippen molar-refractivity contribution in [2.45, 2.75) is 38.0 Å². The smallest absolute Gasteiger partial charge is 0.220 e. The third-order valence-corrected chi connectivity index (χ3v) is 4.66. The quantitative estimate of drug-likeness (QED) is 0.807. The van der Waals surface area contributed by atoms with Crippen LogP contribution in [0.3, 0.4) is 0 Å². The molecule has 1 aromatic carbocycles. The molecule has 0 aliphatic carbocycles. The van der Waals surface area contributed by atoms with Crippen LogP contribution in [0.15, 0.2) is 54.9 Å². The van der Waals surface area contributed by atoms with Crippen LogP contribution in [0.2, 0.25) is 0 Å². The van der Waals surface area contributed by atoms with Crippen LogP contribution in [-0.2, 0) is 17.8 Å². The highest BCUT2D eigenvalue weighted by atomic mass is 16.3. The van der Waals surface area contributed by atoms with Crippen LogP contribution in [0.1, 0.15) is 24.0 Å². The van der Waals surface area contributed by atoms with Gasteiger partial charge in [-0.3, -0.25) is 14.7 Å². The molecule has 2 unspecified atom stereocenters. The number of carbonyl (C=O) groups excluding carboxylic acids is 1. The summed E-state index contributed by atoms with van der Waals surface area (Å²) in [5.41, 5.74) is 2.35. The lowest BCUT2D eigenvalue weighted by Gasteiger charge is -2.24. The van der Waals surface area contributed by atoms with Gasteiger partial charge in [0.15, 0.2) is 0 Å². The van der Waals surface area contributed by atoms with E-state index < -0.39 is 0 Å². The monoisotopic (exact) mass is 339 g/mol. The number of nitrogens with zero attached hydrogens (tertiary/aromatic N) is 2.